The molecule has 0 bridgehead atoms. The number of ether oxygens (including phenoxy) is 2. The van der Waals surface area contributed by atoms with Gasteiger partial charge in [0.05, 0.1) is 7.11 Å². The van der Waals surface area contributed by atoms with Crippen LogP contribution in [-0.2, 0) is 9.53 Å². The molecule has 0 spiro atoms. The first kappa shape index (κ1) is 14.0. The minimum absolute atomic E-state index is 0.166. The summed E-state index contributed by atoms with van der Waals surface area (Å²) in [7, 11) is 1.57. The first-order valence-corrected chi connectivity index (χ1v) is 6.58. The summed E-state index contributed by atoms with van der Waals surface area (Å²) in [5.41, 5.74) is 1.51. The molecule has 2 aromatic carbocycles. The lowest BCUT2D eigenvalue weighted by molar-refractivity contribution is -0.129. The van der Waals surface area contributed by atoms with Gasteiger partial charge in [-0.25, -0.2) is 14.2 Å². The molecule has 1 aliphatic rings. The van der Waals surface area contributed by atoms with E-state index in [0.717, 1.165) is 5.56 Å². The summed E-state index contributed by atoms with van der Waals surface area (Å²) < 4.78 is 23.2. The van der Waals surface area contributed by atoms with Crippen LogP contribution >= 0.6 is 0 Å². The fraction of sp³-hybridized carbons (Fsp3) is 0.0588. The molecular formula is C17H12FNO3. The molecular weight excluding hydrogens is 285 g/mol. The molecule has 4 nitrogen and oxygen atoms in total. The van der Waals surface area contributed by atoms with Gasteiger partial charge in [0.2, 0.25) is 5.90 Å². The van der Waals surface area contributed by atoms with Gasteiger partial charge in [-0.15, -0.1) is 0 Å². The number of cyclic esters (lactones) is 1. The Labute approximate surface area is 126 Å². The third-order valence-electron chi connectivity index (χ3n) is 3.11. The van der Waals surface area contributed by atoms with E-state index in [-0.39, 0.29) is 17.4 Å². The van der Waals surface area contributed by atoms with Crippen molar-refractivity contribution < 1.29 is 18.7 Å². The standard InChI is InChI=1S/C17H12FNO3/c1-21-14-4-2-3-11(9-14)10-15-17(20)22-16(19-15)12-5-7-13(18)8-6-12/h2-10H,1H3. The fourth-order valence-corrected chi connectivity index (χ4v) is 2.01. The second-order valence-corrected chi connectivity index (χ2v) is 4.62. The Morgan fingerprint density at radius 2 is 1.95 bits per heavy atom. The quantitative estimate of drug-likeness (QED) is 0.646. The van der Waals surface area contributed by atoms with Crippen molar-refractivity contribution in [3.63, 3.8) is 0 Å². The maximum absolute atomic E-state index is 12.9. The number of hydrogen-bond donors (Lipinski definition) is 0. The molecule has 5 heteroatoms. The molecule has 2 aromatic rings. The summed E-state index contributed by atoms with van der Waals surface area (Å²) in [5, 5.41) is 0. The number of esters is 1. The van der Waals surface area contributed by atoms with E-state index in [1.807, 2.05) is 18.2 Å². The number of halogens is 1. The largest absolute Gasteiger partial charge is 0.497 e. The molecule has 22 heavy (non-hydrogen) atoms. The van der Waals surface area contributed by atoms with Crippen LogP contribution in [0.5, 0.6) is 5.75 Å². The molecule has 3 rings (SSSR count). The van der Waals surface area contributed by atoms with Crippen LogP contribution in [0.2, 0.25) is 0 Å². The van der Waals surface area contributed by atoms with Gasteiger partial charge in [-0.2, -0.15) is 0 Å². The number of carbonyl (C=O) groups is 1. The van der Waals surface area contributed by atoms with Crippen molar-refractivity contribution in [3.05, 3.63) is 71.2 Å². The van der Waals surface area contributed by atoms with E-state index in [0.29, 0.717) is 11.3 Å². The number of nitrogens with zero attached hydrogens (tertiary/aromatic N) is 1. The maximum atomic E-state index is 12.9. The summed E-state index contributed by atoms with van der Waals surface area (Å²) in [5.74, 6) is -0.0504. The van der Waals surface area contributed by atoms with Crippen molar-refractivity contribution >= 4 is 17.9 Å². The van der Waals surface area contributed by atoms with Gasteiger partial charge in [0, 0.05) is 5.56 Å². The molecule has 110 valence electrons. The van der Waals surface area contributed by atoms with Gasteiger partial charge in [-0.1, -0.05) is 12.1 Å². The summed E-state index contributed by atoms with van der Waals surface area (Å²) in [6.45, 7) is 0. The highest BCUT2D eigenvalue weighted by Gasteiger charge is 2.24. The van der Waals surface area contributed by atoms with Gasteiger partial charge in [-0.05, 0) is 48.0 Å². The molecule has 0 saturated carbocycles. The van der Waals surface area contributed by atoms with Crippen LogP contribution in [0.25, 0.3) is 6.08 Å². The van der Waals surface area contributed by atoms with E-state index in [1.165, 1.54) is 24.3 Å². The molecule has 0 radical (unpaired) electrons. The van der Waals surface area contributed by atoms with Crippen LogP contribution in [0, 0.1) is 5.82 Å². The number of rotatable bonds is 3. The molecule has 0 aromatic heterocycles. The molecule has 0 amide bonds. The van der Waals surface area contributed by atoms with E-state index in [4.69, 9.17) is 9.47 Å². The van der Waals surface area contributed by atoms with Crippen molar-refractivity contribution in [1.82, 2.24) is 0 Å². The molecule has 0 atom stereocenters. The zero-order chi connectivity index (χ0) is 15.5. The fourth-order valence-electron chi connectivity index (χ4n) is 2.01. The number of aliphatic imine (C=N–C) groups is 1. The molecule has 0 N–H and O–H groups in total. The Morgan fingerprint density at radius 1 is 1.18 bits per heavy atom. The van der Waals surface area contributed by atoms with Crippen LogP contribution < -0.4 is 4.74 Å². The number of benzene rings is 2. The highest BCUT2D eigenvalue weighted by molar-refractivity contribution is 6.12. The van der Waals surface area contributed by atoms with Crippen molar-refractivity contribution in [2.45, 2.75) is 0 Å². The summed E-state index contributed by atoms with van der Waals surface area (Å²) in [6.07, 6.45) is 1.61. The number of carbonyl (C=O) groups excluding carboxylic acids is 1. The lowest BCUT2D eigenvalue weighted by Crippen LogP contribution is -2.05. The van der Waals surface area contributed by atoms with Crippen LogP contribution in [-0.4, -0.2) is 19.0 Å². The van der Waals surface area contributed by atoms with Gasteiger partial charge >= 0.3 is 5.97 Å². The number of hydrogen-bond acceptors (Lipinski definition) is 4. The van der Waals surface area contributed by atoms with Crippen molar-refractivity contribution in [2.75, 3.05) is 7.11 Å². The smallest absolute Gasteiger partial charge is 0.363 e. The zero-order valence-electron chi connectivity index (χ0n) is 11.7. The Bertz CT molecular complexity index is 779. The first-order chi connectivity index (χ1) is 10.7. The normalized spacial score (nSPS) is 15.6. The lowest BCUT2D eigenvalue weighted by atomic mass is 10.2. The van der Waals surface area contributed by atoms with Crippen molar-refractivity contribution in [3.8, 4) is 5.75 Å². The van der Waals surface area contributed by atoms with Gasteiger partial charge in [0.1, 0.15) is 11.6 Å². The van der Waals surface area contributed by atoms with Crippen LogP contribution in [0.4, 0.5) is 4.39 Å². The SMILES string of the molecule is COc1cccc(C=C2N=C(c3ccc(F)cc3)OC2=O)c1. The minimum atomic E-state index is -0.540. The predicted octanol–water partition coefficient (Wildman–Crippen LogP) is 3.18. The average Bonchev–Trinajstić information content (AvgIpc) is 2.89. The van der Waals surface area contributed by atoms with E-state index in [1.54, 1.807) is 19.3 Å². The Hall–Kier alpha value is -2.95. The number of methoxy groups -OCH3 is 1. The summed E-state index contributed by atoms with van der Waals surface area (Å²) in [4.78, 5) is 16.0. The Kier molecular flexibility index (Phi) is 3.70. The van der Waals surface area contributed by atoms with Crippen LogP contribution in [0.3, 0.4) is 0 Å². The van der Waals surface area contributed by atoms with Crippen molar-refractivity contribution in [2.24, 2.45) is 4.99 Å². The lowest BCUT2D eigenvalue weighted by Gasteiger charge is -2.00. The van der Waals surface area contributed by atoms with E-state index in [2.05, 4.69) is 4.99 Å². The van der Waals surface area contributed by atoms with E-state index >= 15 is 0 Å². The van der Waals surface area contributed by atoms with E-state index in [9.17, 15) is 9.18 Å². The molecule has 0 aliphatic carbocycles. The predicted molar refractivity (Wildman–Crippen MR) is 80.0 cm³/mol. The molecule has 1 aliphatic heterocycles. The molecule has 0 saturated heterocycles. The maximum Gasteiger partial charge on any atom is 0.363 e. The third-order valence-corrected chi connectivity index (χ3v) is 3.11. The monoisotopic (exact) mass is 297 g/mol. The van der Waals surface area contributed by atoms with Gasteiger partial charge in [0.15, 0.2) is 5.70 Å². The van der Waals surface area contributed by atoms with Gasteiger partial charge < -0.3 is 9.47 Å². The highest BCUT2D eigenvalue weighted by Crippen LogP contribution is 2.21. The van der Waals surface area contributed by atoms with Gasteiger partial charge in [0.25, 0.3) is 0 Å². The van der Waals surface area contributed by atoms with Crippen LogP contribution in [0.15, 0.2) is 59.2 Å². The topological polar surface area (TPSA) is 47.9 Å². The van der Waals surface area contributed by atoms with Crippen LogP contribution in [0.1, 0.15) is 11.1 Å². The van der Waals surface area contributed by atoms with Gasteiger partial charge in [-0.3, -0.25) is 0 Å². The summed E-state index contributed by atoms with van der Waals surface area (Å²) in [6, 6.07) is 12.8. The minimum Gasteiger partial charge on any atom is -0.497 e. The molecule has 0 fully saturated rings. The molecule has 0 unspecified atom stereocenters. The molecule has 1 heterocycles. The highest BCUT2D eigenvalue weighted by atomic mass is 19.1. The summed E-state index contributed by atoms with van der Waals surface area (Å²) >= 11 is 0. The Morgan fingerprint density at radius 3 is 2.68 bits per heavy atom. The zero-order valence-corrected chi connectivity index (χ0v) is 11.7. The third kappa shape index (κ3) is 2.88. The average molecular weight is 297 g/mol. The Balaban J connectivity index is 1.92. The first-order valence-electron chi connectivity index (χ1n) is 6.58. The van der Waals surface area contributed by atoms with Crippen molar-refractivity contribution in [1.29, 1.82) is 0 Å². The second kappa shape index (κ2) is 5.81. The second-order valence-electron chi connectivity index (χ2n) is 4.62. The van der Waals surface area contributed by atoms with E-state index < -0.39 is 5.97 Å².